The van der Waals surface area contributed by atoms with E-state index in [0.717, 1.165) is 31.8 Å². The summed E-state index contributed by atoms with van der Waals surface area (Å²) in [5.41, 5.74) is 0. The van der Waals surface area contributed by atoms with Gasteiger partial charge in [0.05, 0.1) is 0 Å². The van der Waals surface area contributed by atoms with E-state index in [0.29, 0.717) is 0 Å². The predicted molar refractivity (Wildman–Crippen MR) is 341 cm³/mol. The monoisotopic (exact) mass is 1320 g/mol. The molecule has 0 unspecified atom stereocenters. The smallest absolute Gasteiger partial charge is 0 e. The first-order valence-corrected chi connectivity index (χ1v) is 35.5. The normalized spacial score (nSPS) is 12.3. The van der Waals surface area contributed by atoms with Gasteiger partial charge >= 0.3 is 35.0 Å². The third-order valence-electron chi connectivity index (χ3n) is 12.6. The molecule has 408 valence electrons. The van der Waals surface area contributed by atoms with Crippen LogP contribution in [0.3, 0.4) is 0 Å². The van der Waals surface area contributed by atoms with Crippen LogP contribution in [0.2, 0.25) is 0 Å². The molecule has 0 saturated heterocycles. The first-order chi connectivity index (χ1) is 37.9. The van der Waals surface area contributed by atoms with Gasteiger partial charge < -0.3 is 40.1 Å². The van der Waals surface area contributed by atoms with Crippen molar-refractivity contribution in [2.75, 3.05) is 0 Å². The third-order valence-corrected chi connectivity index (χ3v) is 24.3. The van der Waals surface area contributed by atoms with Crippen LogP contribution in [0, 0.1) is 25.7 Å². The van der Waals surface area contributed by atoms with Gasteiger partial charge in [-0.2, -0.15) is 24.3 Å². The van der Waals surface area contributed by atoms with Crippen LogP contribution in [-0.4, -0.2) is 10.6 Å². The second-order valence-corrected chi connectivity index (χ2v) is 30.3. The molecule has 0 aliphatic heterocycles. The van der Waals surface area contributed by atoms with Crippen molar-refractivity contribution < 1.29 is 59.2 Å². The number of rotatable bonds is 10. The Balaban J connectivity index is 0.000000166. The van der Waals surface area contributed by atoms with Gasteiger partial charge in [0.2, 0.25) is 0 Å². The van der Waals surface area contributed by atoms with Gasteiger partial charge in [0, 0.05) is 55.4 Å². The molecule has 0 radical (unpaired) electrons. The van der Waals surface area contributed by atoms with E-state index in [-0.39, 0.29) is 50.1 Å². The van der Waals surface area contributed by atoms with Gasteiger partial charge in [-0.3, -0.25) is 0 Å². The van der Waals surface area contributed by atoms with Crippen LogP contribution in [0.5, 0.6) is 0 Å². The molecule has 0 heterocycles. The Morgan fingerprint density at radius 1 is 0.342 bits per heavy atom. The molecular formula is C68H58Cl2Fe2O2P4Pd-6. The predicted octanol–water partition coefficient (Wildman–Crippen LogP) is 13.5. The molecule has 0 amide bonds. The van der Waals surface area contributed by atoms with E-state index in [1.54, 1.807) is 0 Å². The molecule has 0 aromatic heterocycles. The number of allylic oxidation sites excluding steroid dienone is 4. The first kappa shape index (κ1) is 63.5. The summed E-state index contributed by atoms with van der Waals surface area (Å²) in [6, 6.07) is 97.7. The summed E-state index contributed by atoms with van der Waals surface area (Å²) in [5.74, 6) is 0. The van der Waals surface area contributed by atoms with E-state index < -0.39 is 29.4 Å². The fraction of sp³-hybridized carbons (Fsp3) is 0. The average Bonchev–Trinajstić information content (AvgIpc) is 4.49. The van der Waals surface area contributed by atoms with Crippen LogP contribution >= 0.6 is 48.4 Å². The minimum atomic E-state index is -2.73. The second kappa shape index (κ2) is 33.9. The van der Waals surface area contributed by atoms with Crippen molar-refractivity contribution in [3.8, 4) is 0 Å². The number of hydrogen-bond donors (Lipinski definition) is 0. The molecule has 1 fully saturated rings. The zero-order chi connectivity index (χ0) is 53.4. The number of hydrogen-bond acceptors (Lipinski definition) is 2. The summed E-state index contributed by atoms with van der Waals surface area (Å²) in [7, 11) is 2.50. The van der Waals surface area contributed by atoms with Gasteiger partial charge in [0.25, 0.3) is 0 Å². The van der Waals surface area contributed by atoms with Gasteiger partial charge in [0.1, 0.15) is 14.3 Å². The molecule has 12 rings (SSSR count). The Kier molecular flexibility index (Phi) is 27.2. The minimum absolute atomic E-state index is 0. The van der Waals surface area contributed by atoms with E-state index in [1.807, 2.05) is 170 Å². The van der Waals surface area contributed by atoms with E-state index in [2.05, 4.69) is 171 Å². The molecule has 1 saturated carbocycles. The van der Waals surface area contributed by atoms with Crippen LogP contribution in [0.4, 0.5) is 0 Å². The zero-order valence-corrected chi connectivity index (χ0v) is 51.9. The van der Waals surface area contributed by atoms with Crippen LogP contribution in [-0.2, 0) is 59.2 Å². The maximum absolute atomic E-state index is 13.7. The Bertz CT molecular complexity index is 3220. The summed E-state index contributed by atoms with van der Waals surface area (Å²) < 4.78 is 27.4. The SMILES string of the molecule is C1=CC(=[PH](c2ccccc2)c2ccccc2)C=C1.O=P(c1ccccc1)(c1ccccc1)[c-]1cccc1.O=P(c1ccccc1)(c1ccccc1)[c-]1cccc1.[Cl][Pd][Cl].[Fe].[Fe].c1ccc([PH](=C2[CH-][CH-][CH-][CH-]2)c2ccccc2)cc1. The quantitative estimate of drug-likeness (QED) is 0.0777. The summed E-state index contributed by atoms with van der Waals surface area (Å²) in [6.45, 7) is 0. The van der Waals surface area contributed by atoms with Gasteiger partial charge in [-0.25, -0.2) is 24.3 Å². The molecule has 2 aliphatic rings. The van der Waals surface area contributed by atoms with Crippen molar-refractivity contribution in [2.24, 2.45) is 0 Å². The van der Waals surface area contributed by atoms with Gasteiger partial charge in [0.15, 0.2) is 0 Å². The van der Waals surface area contributed by atoms with Crippen LogP contribution in [0.1, 0.15) is 0 Å². The molecule has 0 bridgehead atoms. The fourth-order valence-corrected chi connectivity index (χ4v) is 19.6. The van der Waals surface area contributed by atoms with E-state index >= 15 is 0 Å². The molecule has 0 spiro atoms. The molecule has 2 nitrogen and oxygen atoms in total. The summed E-state index contributed by atoms with van der Waals surface area (Å²) in [5, 5.41) is 14.0. The number of benzene rings is 8. The Hall–Kier alpha value is -4.72. The van der Waals surface area contributed by atoms with E-state index in [9.17, 15) is 9.13 Å². The maximum atomic E-state index is 13.7. The largest absolute Gasteiger partial charge is 0.694 e. The molecular weight excluding hydrogens is 1260 g/mol. The van der Waals surface area contributed by atoms with Gasteiger partial charge in [-0.05, 0) is 26.5 Å². The zero-order valence-electron chi connectivity index (χ0n) is 42.8. The molecule has 79 heavy (non-hydrogen) atoms. The fourth-order valence-electron chi connectivity index (χ4n) is 9.09. The molecule has 2 aliphatic carbocycles. The van der Waals surface area contributed by atoms with Crippen molar-refractivity contribution in [3.05, 3.63) is 341 Å². The van der Waals surface area contributed by atoms with Crippen molar-refractivity contribution in [3.63, 3.8) is 0 Å². The van der Waals surface area contributed by atoms with Crippen molar-refractivity contribution in [2.45, 2.75) is 0 Å². The Morgan fingerprint density at radius 3 is 0.823 bits per heavy atom. The van der Waals surface area contributed by atoms with Crippen molar-refractivity contribution in [1.29, 1.82) is 0 Å². The topological polar surface area (TPSA) is 34.1 Å². The number of halogens is 2. The molecule has 11 heteroatoms. The molecule has 10 aromatic carbocycles. The average molecular weight is 1320 g/mol. The first-order valence-electron chi connectivity index (χ1n) is 25.0. The minimum Gasteiger partial charge on any atom is -0.694 e. The van der Waals surface area contributed by atoms with Crippen molar-refractivity contribution in [1.82, 2.24) is 0 Å². The summed E-state index contributed by atoms with van der Waals surface area (Å²) in [6.07, 6.45) is 17.5. The molecule has 0 atom stereocenters. The van der Waals surface area contributed by atoms with E-state index in [4.69, 9.17) is 19.1 Å². The van der Waals surface area contributed by atoms with Gasteiger partial charge in [-0.1, -0.05) is 285 Å². The Labute approximate surface area is 507 Å². The van der Waals surface area contributed by atoms with Crippen LogP contribution in [0.15, 0.2) is 315 Å². The van der Waals surface area contributed by atoms with Gasteiger partial charge in [-0.15, -0.1) is 7.55 Å². The standard InChI is InChI=1S/2C17H14OP.2C17H15P.2ClH.2Fe.Pd/c2*18-19(17-13-7-8-14-17,15-9-3-1-4-10-15)16-11-5-2-6-12-16;2*1-3-9-15(10-4-1)18(17-13-7-8-14-17)16-11-5-2-6-12-16;;;;;/h2*1-14H;2*1-14,18H;2*1H;;;/q2*-1;;-4;;;;;+2/p-2. The third kappa shape index (κ3) is 17.2. The second-order valence-electron chi connectivity index (χ2n) is 17.5. The van der Waals surface area contributed by atoms with Crippen molar-refractivity contribution >= 4 is 112 Å². The maximum Gasteiger partial charge on any atom is 0 e. The van der Waals surface area contributed by atoms with Crippen LogP contribution < -0.4 is 53.0 Å². The summed E-state index contributed by atoms with van der Waals surface area (Å²) in [4.78, 5) is 0. The van der Waals surface area contributed by atoms with E-state index in [1.165, 1.54) is 31.8 Å². The summed E-state index contributed by atoms with van der Waals surface area (Å²) >= 11 is -0.106. The molecule has 0 N–H and O–H groups in total. The Morgan fingerprint density at radius 2 is 0.570 bits per heavy atom. The molecule has 10 aromatic rings. The van der Waals surface area contributed by atoms with Crippen LogP contribution in [0.25, 0.3) is 0 Å².